The van der Waals surface area contributed by atoms with E-state index < -0.39 is 29.7 Å². The molecule has 0 amide bonds. The first-order valence-corrected chi connectivity index (χ1v) is 4.97. The fourth-order valence-corrected chi connectivity index (χ4v) is 1.69. The molecule has 0 saturated carbocycles. The van der Waals surface area contributed by atoms with Crippen molar-refractivity contribution in [1.82, 2.24) is 9.55 Å². The molecule has 2 N–H and O–H groups in total. The maximum Gasteiger partial charge on any atom is 0.330 e. The standard InChI is InChI=1S/C10H13N2O4/c1-5-4-12(10(15)11-9(5)14)8-3-7(13)6(2)16-8/h4,6-8,13H,2-3H2,1H3,(H,11,14,15)/t6-,7+,8-/m1/s1. The highest BCUT2D eigenvalue weighted by molar-refractivity contribution is 5.02. The smallest absolute Gasteiger partial charge is 0.330 e. The quantitative estimate of drug-likeness (QED) is 0.663. The average Bonchev–Trinajstić information content (AvgIpc) is 2.53. The molecule has 1 aliphatic heterocycles. The number of nitrogens with zero attached hydrogens (tertiary/aromatic N) is 1. The Morgan fingerprint density at radius 3 is 2.88 bits per heavy atom. The van der Waals surface area contributed by atoms with Crippen molar-refractivity contribution in [1.29, 1.82) is 0 Å². The molecule has 1 aromatic rings. The minimum absolute atomic E-state index is 0.291. The highest BCUT2D eigenvalue weighted by Gasteiger charge is 2.32. The molecule has 2 heterocycles. The van der Waals surface area contributed by atoms with E-state index in [9.17, 15) is 14.7 Å². The monoisotopic (exact) mass is 225 g/mol. The molecule has 1 saturated heterocycles. The molecule has 0 aliphatic carbocycles. The van der Waals surface area contributed by atoms with Crippen molar-refractivity contribution >= 4 is 0 Å². The lowest BCUT2D eigenvalue weighted by atomic mass is 10.2. The van der Waals surface area contributed by atoms with Gasteiger partial charge in [-0.15, -0.1) is 0 Å². The summed E-state index contributed by atoms with van der Waals surface area (Å²) in [4.78, 5) is 24.9. The molecule has 6 nitrogen and oxygen atoms in total. The van der Waals surface area contributed by atoms with E-state index in [2.05, 4.69) is 11.9 Å². The molecule has 3 atom stereocenters. The Morgan fingerprint density at radius 1 is 1.62 bits per heavy atom. The van der Waals surface area contributed by atoms with Gasteiger partial charge in [0, 0.05) is 18.2 Å². The second-order valence-electron chi connectivity index (χ2n) is 3.91. The van der Waals surface area contributed by atoms with Crippen LogP contribution in [0.1, 0.15) is 18.2 Å². The van der Waals surface area contributed by atoms with Crippen molar-refractivity contribution in [2.75, 3.05) is 0 Å². The molecule has 0 spiro atoms. The van der Waals surface area contributed by atoms with Gasteiger partial charge in [-0.05, 0) is 13.8 Å². The summed E-state index contributed by atoms with van der Waals surface area (Å²) in [7, 11) is 0. The van der Waals surface area contributed by atoms with Crippen LogP contribution in [0.2, 0.25) is 0 Å². The van der Waals surface area contributed by atoms with Crippen LogP contribution in [0.5, 0.6) is 0 Å². The first kappa shape index (κ1) is 11.1. The van der Waals surface area contributed by atoms with Gasteiger partial charge in [0.1, 0.15) is 6.23 Å². The third kappa shape index (κ3) is 1.81. The number of hydrogen-bond acceptors (Lipinski definition) is 4. The van der Waals surface area contributed by atoms with Crippen LogP contribution >= 0.6 is 0 Å². The minimum Gasteiger partial charge on any atom is -0.390 e. The number of aliphatic hydroxyl groups is 1. The van der Waals surface area contributed by atoms with Gasteiger partial charge in [-0.3, -0.25) is 14.3 Å². The van der Waals surface area contributed by atoms with Gasteiger partial charge in [-0.2, -0.15) is 0 Å². The summed E-state index contributed by atoms with van der Waals surface area (Å²) in [5.41, 5.74) is -0.530. The number of aryl methyl sites for hydroxylation is 1. The van der Waals surface area contributed by atoms with E-state index in [1.807, 2.05) is 0 Å². The van der Waals surface area contributed by atoms with Crippen LogP contribution < -0.4 is 11.2 Å². The zero-order chi connectivity index (χ0) is 11.9. The average molecular weight is 225 g/mol. The number of aromatic nitrogens is 2. The normalized spacial score (nSPS) is 29.6. The molecule has 1 fully saturated rings. The van der Waals surface area contributed by atoms with E-state index in [1.54, 1.807) is 6.92 Å². The molecule has 1 aromatic heterocycles. The van der Waals surface area contributed by atoms with Crippen molar-refractivity contribution in [3.63, 3.8) is 0 Å². The van der Waals surface area contributed by atoms with E-state index in [-0.39, 0.29) is 0 Å². The molecule has 16 heavy (non-hydrogen) atoms. The molecule has 2 rings (SSSR count). The van der Waals surface area contributed by atoms with E-state index in [0.717, 1.165) is 0 Å². The van der Waals surface area contributed by atoms with Gasteiger partial charge >= 0.3 is 5.69 Å². The first-order chi connectivity index (χ1) is 7.49. The van der Waals surface area contributed by atoms with E-state index in [1.165, 1.54) is 10.8 Å². The number of aliphatic hydroxyl groups excluding tert-OH is 1. The number of H-pyrrole nitrogens is 1. The molecule has 0 unspecified atom stereocenters. The Kier molecular flexibility index (Phi) is 2.69. The van der Waals surface area contributed by atoms with E-state index in [0.29, 0.717) is 12.0 Å². The Bertz CT molecular complexity index is 494. The Balaban J connectivity index is 2.39. The van der Waals surface area contributed by atoms with Gasteiger partial charge in [-0.25, -0.2) is 4.79 Å². The molecule has 1 aliphatic rings. The number of rotatable bonds is 1. The first-order valence-electron chi connectivity index (χ1n) is 4.97. The summed E-state index contributed by atoms with van der Waals surface area (Å²) < 4.78 is 6.58. The van der Waals surface area contributed by atoms with Gasteiger partial charge in [0.25, 0.3) is 5.56 Å². The van der Waals surface area contributed by atoms with Crippen LogP contribution in [0.15, 0.2) is 15.8 Å². The second kappa shape index (κ2) is 3.88. The summed E-state index contributed by atoms with van der Waals surface area (Å²) in [6, 6.07) is 0. The van der Waals surface area contributed by atoms with Crippen molar-refractivity contribution in [3.05, 3.63) is 39.5 Å². The Labute approximate surface area is 91.5 Å². The third-order valence-corrected chi connectivity index (χ3v) is 2.66. The lowest BCUT2D eigenvalue weighted by Gasteiger charge is -2.13. The molecular weight excluding hydrogens is 212 g/mol. The van der Waals surface area contributed by atoms with Gasteiger partial charge in [0.2, 0.25) is 0 Å². The summed E-state index contributed by atoms with van der Waals surface area (Å²) in [5.74, 6) is 0. The van der Waals surface area contributed by atoms with Crippen LogP contribution in [0.4, 0.5) is 0 Å². The SMILES string of the molecule is [CH2][C@H]1O[C@@H](n2cc(C)c(=O)[nH]c2=O)C[C@@H]1O. The molecule has 1 radical (unpaired) electrons. The lowest BCUT2D eigenvalue weighted by molar-refractivity contribution is 0.00325. The highest BCUT2D eigenvalue weighted by Crippen LogP contribution is 2.26. The van der Waals surface area contributed by atoms with Crippen LogP contribution in [0, 0.1) is 13.8 Å². The molecule has 0 aromatic carbocycles. The fraction of sp³-hybridized carbons (Fsp3) is 0.500. The number of nitrogens with one attached hydrogen (secondary N) is 1. The third-order valence-electron chi connectivity index (χ3n) is 2.66. The van der Waals surface area contributed by atoms with Gasteiger partial charge < -0.3 is 9.84 Å². The predicted molar refractivity (Wildman–Crippen MR) is 56.0 cm³/mol. The van der Waals surface area contributed by atoms with Crippen LogP contribution in [0.25, 0.3) is 0 Å². The zero-order valence-electron chi connectivity index (χ0n) is 8.84. The minimum atomic E-state index is -0.691. The van der Waals surface area contributed by atoms with Crippen LogP contribution in [-0.4, -0.2) is 26.9 Å². The fourth-order valence-electron chi connectivity index (χ4n) is 1.69. The lowest BCUT2D eigenvalue weighted by Crippen LogP contribution is -2.33. The second-order valence-corrected chi connectivity index (χ2v) is 3.91. The van der Waals surface area contributed by atoms with E-state index in [4.69, 9.17) is 4.74 Å². The molecular formula is C10H13N2O4. The van der Waals surface area contributed by atoms with Crippen LogP contribution in [0.3, 0.4) is 0 Å². The molecule has 87 valence electrons. The number of aromatic amines is 1. The largest absolute Gasteiger partial charge is 0.390 e. The molecule has 0 bridgehead atoms. The highest BCUT2D eigenvalue weighted by atomic mass is 16.5. The van der Waals surface area contributed by atoms with Crippen molar-refractivity contribution in [2.24, 2.45) is 0 Å². The maximum atomic E-state index is 11.5. The Morgan fingerprint density at radius 2 is 2.31 bits per heavy atom. The maximum absolute atomic E-state index is 11.5. The van der Waals surface area contributed by atoms with Crippen molar-refractivity contribution in [2.45, 2.75) is 31.8 Å². The van der Waals surface area contributed by atoms with E-state index >= 15 is 0 Å². The van der Waals surface area contributed by atoms with Crippen molar-refractivity contribution < 1.29 is 9.84 Å². The number of ether oxygens (including phenoxy) is 1. The Hall–Kier alpha value is -1.40. The van der Waals surface area contributed by atoms with Gasteiger partial charge in [-0.1, -0.05) is 0 Å². The summed E-state index contributed by atoms with van der Waals surface area (Å²) >= 11 is 0. The zero-order valence-corrected chi connectivity index (χ0v) is 8.84. The van der Waals surface area contributed by atoms with Crippen molar-refractivity contribution in [3.8, 4) is 0 Å². The number of hydrogen-bond donors (Lipinski definition) is 2. The summed E-state index contributed by atoms with van der Waals surface area (Å²) in [5, 5.41) is 9.47. The predicted octanol–water partition coefficient (Wildman–Crippen LogP) is -0.672. The topological polar surface area (TPSA) is 84.3 Å². The van der Waals surface area contributed by atoms with Crippen LogP contribution in [-0.2, 0) is 4.74 Å². The van der Waals surface area contributed by atoms with Gasteiger partial charge in [0.15, 0.2) is 0 Å². The summed E-state index contributed by atoms with van der Waals surface area (Å²) in [6.07, 6.45) is -0.0929. The summed E-state index contributed by atoms with van der Waals surface area (Å²) in [6.45, 7) is 5.20. The van der Waals surface area contributed by atoms with Gasteiger partial charge in [0.05, 0.1) is 12.2 Å². The molecule has 6 heteroatoms.